The number of carboxylic acids is 1. The van der Waals surface area contributed by atoms with E-state index >= 15 is 0 Å². The van der Waals surface area contributed by atoms with E-state index in [1.165, 1.54) is 11.3 Å². The van der Waals surface area contributed by atoms with Crippen LogP contribution in [-0.4, -0.2) is 48.2 Å². The summed E-state index contributed by atoms with van der Waals surface area (Å²) in [7, 11) is 0. The van der Waals surface area contributed by atoms with Gasteiger partial charge in [0.05, 0.1) is 5.00 Å². The number of carboxylic acid groups (broad SMARTS) is 1. The molecule has 0 aliphatic carbocycles. The summed E-state index contributed by atoms with van der Waals surface area (Å²) in [6.07, 6.45) is -0.309. The summed E-state index contributed by atoms with van der Waals surface area (Å²) in [6.45, 7) is 2.73. The number of nitrogens with zero attached hydrogens (tertiary/aromatic N) is 2. The zero-order chi connectivity index (χ0) is 16.9. The molecule has 0 radical (unpaired) electrons. The summed E-state index contributed by atoms with van der Waals surface area (Å²) >= 11 is 1.26. The lowest BCUT2D eigenvalue weighted by molar-refractivity contribution is 0.0702. The fraction of sp³-hybridized carbons (Fsp3) is 0.294. The first kappa shape index (κ1) is 16.3. The predicted molar refractivity (Wildman–Crippen MR) is 91.7 cm³/mol. The SMILES string of the molecule is O=C(O)c1ccc(N2CCN(C(=O)OCc3ccccc3)CC2)s1. The van der Waals surface area contributed by atoms with E-state index in [1.807, 2.05) is 36.4 Å². The number of hydrogen-bond donors (Lipinski definition) is 1. The van der Waals surface area contributed by atoms with Crippen LogP contribution in [0.15, 0.2) is 42.5 Å². The second-order valence-corrected chi connectivity index (χ2v) is 6.52. The standard InChI is InChI=1S/C17H18N2O4S/c20-16(21)14-6-7-15(24-14)18-8-10-19(11-9-18)17(22)23-12-13-4-2-1-3-5-13/h1-7H,8-12H2,(H,20,21). The first-order valence-corrected chi connectivity index (χ1v) is 8.49. The lowest BCUT2D eigenvalue weighted by Crippen LogP contribution is -2.48. The largest absolute Gasteiger partial charge is 0.477 e. The molecule has 2 heterocycles. The van der Waals surface area contributed by atoms with Gasteiger partial charge in [0, 0.05) is 26.2 Å². The van der Waals surface area contributed by atoms with E-state index in [2.05, 4.69) is 4.90 Å². The zero-order valence-corrected chi connectivity index (χ0v) is 13.9. The summed E-state index contributed by atoms with van der Waals surface area (Å²) in [5.41, 5.74) is 0.962. The Morgan fingerprint density at radius 2 is 1.75 bits per heavy atom. The number of rotatable bonds is 4. The van der Waals surface area contributed by atoms with Crippen LogP contribution in [0.25, 0.3) is 0 Å². The zero-order valence-electron chi connectivity index (χ0n) is 13.1. The van der Waals surface area contributed by atoms with Crippen molar-refractivity contribution in [2.24, 2.45) is 0 Å². The van der Waals surface area contributed by atoms with E-state index in [4.69, 9.17) is 9.84 Å². The van der Waals surface area contributed by atoms with Crippen LogP contribution in [0, 0.1) is 0 Å². The minimum absolute atomic E-state index is 0.271. The summed E-state index contributed by atoms with van der Waals surface area (Å²) < 4.78 is 5.34. The molecule has 1 aromatic heterocycles. The smallest absolute Gasteiger partial charge is 0.410 e. The average molecular weight is 346 g/mol. The Hall–Kier alpha value is -2.54. The number of piperazine rings is 1. The van der Waals surface area contributed by atoms with Crippen LogP contribution in [0.1, 0.15) is 15.2 Å². The van der Waals surface area contributed by atoms with Gasteiger partial charge in [0.15, 0.2) is 0 Å². The van der Waals surface area contributed by atoms with Gasteiger partial charge in [-0.05, 0) is 17.7 Å². The maximum Gasteiger partial charge on any atom is 0.410 e. The van der Waals surface area contributed by atoms with Crippen molar-refractivity contribution >= 4 is 28.4 Å². The van der Waals surface area contributed by atoms with Crippen molar-refractivity contribution in [3.63, 3.8) is 0 Å². The third kappa shape index (κ3) is 3.86. The molecule has 24 heavy (non-hydrogen) atoms. The molecule has 1 aliphatic heterocycles. The molecule has 1 aliphatic rings. The highest BCUT2D eigenvalue weighted by Gasteiger charge is 2.23. The molecular formula is C17H18N2O4S. The molecule has 1 amide bonds. The number of benzene rings is 1. The maximum absolute atomic E-state index is 12.1. The summed E-state index contributed by atoms with van der Waals surface area (Å²) in [5, 5.41) is 9.91. The van der Waals surface area contributed by atoms with E-state index in [0.717, 1.165) is 10.6 Å². The Labute approximate surface area is 143 Å². The molecule has 0 spiro atoms. The van der Waals surface area contributed by atoms with Gasteiger partial charge >= 0.3 is 12.1 Å². The topological polar surface area (TPSA) is 70.1 Å². The van der Waals surface area contributed by atoms with Crippen LogP contribution in [0.2, 0.25) is 0 Å². The third-order valence-electron chi connectivity index (χ3n) is 3.86. The van der Waals surface area contributed by atoms with E-state index < -0.39 is 5.97 Å². The summed E-state index contributed by atoms with van der Waals surface area (Å²) in [4.78, 5) is 27.2. The second kappa shape index (κ2) is 7.35. The van der Waals surface area contributed by atoms with Crippen LogP contribution in [0.3, 0.4) is 0 Å². The van der Waals surface area contributed by atoms with Gasteiger partial charge in [-0.1, -0.05) is 30.3 Å². The summed E-state index contributed by atoms with van der Waals surface area (Å²) in [5.74, 6) is -0.908. The van der Waals surface area contributed by atoms with Crippen molar-refractivity contribution in [1.29, 1.82) is 0 Å². The predicted octanol–water partition coefficient (Wildman–Crippen LogP) is 2.91. The average Bonchev–Trinajstić information content (AvgIpc) is 3.11. The third-order valence-corrected chi connectivity index (χ3v) is 4.99. The van der Waals surface area contributed by atoms with Gasteiger partial charge in [0.1, 0.15) is 11.5 Å². The Balaban J connectivity index is 1.49. The molecule has 0 bridgehead atoms. The van der Waals surface area contributed by atoms with E-state index in [0.29, 0.717) is 31.1 Å². The maximum atomic E-state index is 12.1. The Morgan fingerprint density at radius 1 is 1.04 bits per heavy atom. The monoisotopic (exact) mass is 346 g/mol. The van der Waals surface area contributed by atoms with E-state index in [1.54, 1.807) is 11.0 Å². The molecule has 0 unspecified atom stereocenters. The highest BCUT2D eigenvalue weighted by molar-refractivity contribution is 7.17. The van der Waals surface area contributed by atoms with Crippen molar-refractivity contribution in [2.45, 2.75) is 6.61 Å². The minimum Gasteiger partial charge on any atom is -0.477 e. The number of anilines is 1. The number of aromatic carboxylic acids is 1. The fourth-order valence-electron chi connectivity index (χ4n) is 2.53. The number of ether oxygens (including phenoxy) is 1. The van der Waals surface area contributed by atoms with Crippen LogP contribution >= 0.6 is 11.3 Å². The molecule has 6 nitrogen and oxygen atoms in total. The Kier molecular flexibility index (Phi) is 5.00. The van der Waals surface area contributed by atoms with Crippen LogP contribution in [0.4, 0.5) is 9.80 Å². The minimum atomic E-state index is -0.908. The van der Waals surface area contributed by atoms with Crippen LogP contribution in [0.5, 0.6) is 0 Å². The fourth-order valence-corrected chi connectivity index (χ4v) is 3.43. The second-order valence-electron chi connectivity index (χ2n) is 5.46. The molecule has 2 aromatic rings. The number of carbonyl (C=O) groups is 2. The van der Waals surface area contributed by atoms with Gasteiger partial charge in [-0.25, -0.2) is 9.59 Å². The van der Waals surface area contributed by atoms with Gasteiger partial charge < -0.3 is 19.6 Å². The van der Waals surface area contributed by atoms with Crippen LogP contribution in [-0.2, 0) is 11.3 Å². The molecule has 7 heteroatoms. The molecule has 0 saturated carbocycles. The first-order valence-electron chi connectivity index (χ1n) is 7.67. The van der Waals surface area contributed by atoms with Gasteiger partial charge in [0.2, 0.25) is 0 Å². The number of hydrogen-bond acceptors (Lipinski definition) is 5. The molecule has 1 N–H and O–H groups in total. The van der Waals surface area contributed by atoms with Crippen LogP contribution < -0.4 is 4.90 Å². The molecule has 3 rings (SSSR count). The molecule has 1 saturated heterocycles. The van der Waals surface area contributed by atoms with Crippen molar-refractivity contribution in [3.8, 4) is 0 Å². The van der Waals surface area contributed by atoms with E-state index in [-0.39, 0.29) is 12.7 Å². The number of carbonyl (C=O) groups excluding carboxylic acids is 1. The van der Waals surface area contributed by atoms with Crippen molar-refractivity contribution in [1.82, 2.24) is 4.90 Å². The molecular weight excluding hydrogens is 328 g/mol. The van der Waals surface area contributed by atoms with Gasteiger partial charge in [-0.2, -0.15) is 0 Å². The van der Waals surface area contributed by atoms with Gasteiger partial charge in [-0.3, -0.25) is 0 Å². The number of thiophene rings is 1. The molecule has 0 atom stereocenters. The van der Waals surface area contributed by atoms with Gasteiger partial charge in [0.25, 0.3) is 0 Å². The van der Waals surface area contributed by atoms with Crippen molar-refractivity contribution < 1.29 is 19.4 Å². The lowest BCUT2D eigenvalue weighted by Gasteiger charge is -2.34. The van der Waals surface area contributed by atoms with E-state index in [9.17, 15) is 9.59 Å². The first-order chi connectivity index (χ1) is 11.6. The van der Waals surface area contributed by atoms with Crippen molar-refractivity contribution in [3.05, 3.63) is 52.9 Å². The van der Waals surface area contributed by atoms with Gasteiger partial charge in [-0.15, -0.1) is 11.3 Å². The highest BCUT2D eigenvalue weighted by atomic mass is 32.1. The normalized spacial score (nSPS) is 14.5. The van der Waals surface area contributed by atoms with Crippen molar-refractivity contribution in [2.75, 3.05) is 31.1 Å². The quantitative estimate of drug-likeness (QED) is 0.922. The molecule has 126 valence electrons. The molecule has 1 aromatic carbocycles. The Morgan fingerprint density at radius 3 is 2.38 bits per heavy atom. The Bertz CT molecular complexity index is 708. The highest BCUT2D eigenvalue weighted by Crippen LogP contribution is 2.27. The molecule has 1 fully saturated rings. The number of amides is 1. The lowest BCUT2D eigenvalue weighted by atomic mass is 10.2. The summed E-state index contributed by atoms with van der Waals surface area (Å²) in [6, 6.07) is 13.0.